The number of amides is 1. The van der Waals surface area contributed by atoms with Crippen LogP contribution in [0.25, 0.3) is 0 Å². The Kier molecular flexibility index (Phi) is 2.35. The van der Waals surface area contributed by atoms with Gasteiger partial charge in [0.15, 0.2) is 0 Å². The van der Waals surface area contributed by atoms with Gasteiger partial charge < -0.3 is 10.2 Å². The predicted molar refractivity (Wildman–Crippen MR) is 68.0 cm³/mol. The molecule has 1 N–H and O–H groups in total. The van der Waals surface area contributed by atoms with Gasteiger partial charge in [-0.1, -0.05) is 18.6 Å². The molecular formula is C14H18N2O. The van der Waals surface area contributed by atoms with Crippen LogP contribution in [0, 0.1) is 0 Å². The first kappa shape index (κ1) is 10.6. The third-order valence-corrected chi connectivity index (χ3v) is 4.15. The number of benzene rings is 1. The Morgan fingerprint density at radius 1 is 1.18 bits per heavy atom. The number of nitrogens with zero attached hydrogens (tertiary/aromatic N) is 1. The van der Waals surface area contributed by atoms with E-state index in [9.17, 15) is 4.79 Å². The zero-order valence-electron chi connectivity index (χ0n) is 10.2. The molecule has 2 aliphatic rings. The lowest BCUT2D eigenvalue weighted by Crippen LogP contribution is -2.59. The van der Waals surface area contributed by atoms with Crippen molar-refractivity contribution in [2.24, 2.45) is 0 Å². The van der Waals surface area contributed by atoms with Crippen LogP contribution in [0.1, 0.15) is 42.5 Å². The third kappa shape index (κ3) is 1.53. The number of hydrogen-bond donors (Lipinski definition) is 1. The quantitative estimate of drug-likeness (QED) is 0.743. The van der Waals surface area contributed by atoms with Gasteiger partial charge in [-0.25, -0.2) is 0 Å². The largest absolute Gasteiger partial charge is 0.362 e. The van der Waals surface area contributed by atoms with Crippen LogP contribution in [0.3, 0.4) is 0 Å². The highest BCUT2D eigenvalue weighted by atomic mass is 16.2. The van der Waals surface area contributed by atoms with Gasteiger partial charge >= 0.3 is 0 Å². The molecule has 1 amide bonds. The van der Waals surface area contributed by atoms with Gasteiger partial charge in [0.2, 0.25) is 0 Å². The Morgan fingerprint density at radius 3 is 2.65 bits per heavy atom. The second-order valence-corrected chi connectivity index (χ2v) is 5.13. The minimum atomic E-state index is -0.135. The molecule has 17 heavy (non-hydrogen) atoms. The van der Waals surface area contributed by atoms with Crippen molar-refractivity contribution in [2.45, 2.75) is 37.8 Å². The maximum Gasteiger partial charge on any atom is 0.257 e. The van der Waals surface area contributed by atoms with E-state index in [0.717, 1.165) is 24.1 Å². The van der Waals surface area contributed by atoms with Crippen LogP contribution in [-0.4, -0.2) is 23.5 Å². The monoisotopic (exact) mass is 230 g/mol. The molecular weight excluding hydrogens is 212 g/mol. The molecule has 90 valence electrons. The fourth-order valence-electron chi connectivity index (χ4n) is 3.09. The van der Waals surface area contributed by atoms with E-state index < -0.39 is 0 Å². The summed E-state index contributed by atoms with van der Waals surface area (Å²) in [6.45, 7) is 0. The van der Waals surface area contributed by atoms with E-state index in [-0.39, 0.29) is 11.6 Å². The lowest BCUT2D eigenvalue weighted by Gasteiger charge is -2.49. The highest BCUT2D eigenvalue weighted by molar-refractivity contribution is 6.02. The number of hydrogen-bond acceptors (Lipinski definition) is 2. The van der Waals surface area contributed by atoms with Gasteiger partial charge in [-0.05, 0) is 37.8 Å². The molecule has 0 atom stereocenters. The number of para-hydroxylation sites is 1. The summed E-state index contributed by atoms with van der Waals surface area (Å²) in [7, 11) is 1.93. The van der Waals surface area contributed by atoms with Gasteiger partial charge in [-0.15, -0.1) is 0 Å². The van der Waals surface area contributed by atoms with Gasteiger partial charge in [-0.2, -0.15) is 0 Å². The van der Waals surface area contributed by atoms with E-state index in [1.807, 2.05) is 36.2 Å². The van der Waals surface area contributed by atoms with Crippen LogP contribution in [0.2, 0.25) is 0 Å². The molecule has 1 aliphatic heterocycles. The summed E-state index contributed by atoms with van der Waals surface area (Å²) in [5.41, 5.74) is 1.66. The molecule has 0 aromatic heterocycles. The summed E-state index contributed by atoms with van der Waals surface area (Å²) < 4.78 is 0. The molecule has 0 radical (unpaired) electrons. The molecule has 3 rings (SSSR count). The average Bonchev–Trinajstić information content (AvgIpc) is 2.37. The molecule has 3 heteroatoms. The third-order valence-electron chi connectivity index (χ3n) is 4.15. The van der Waals surface area contributed by atoms with Crippen molar-refractivity contribution in [3.63, 3.8) is 0 Å². The van der Waals surface area contributed by atoms with Crippen LogP contribution in [-0.2, 0) is 0 Å². The van der Waals surface area contributed by atoms with Gasteiger partial charge in [0.25, 0.3) is 5.91 Å². The second kappa shape index (κ2) is 3.76. The minimum absolute atomic E-state index is 0.135. The average molecular weight is 230 g/mol. The number of carbonyl (C=O) groups excluding carboxylic acids is 1. The Hall–Kier alpha value is -1.51. The smallest absolute Gasteiger partial charge is 0.257 e. The maximum absolute atomic E-state index is 12.4. The van der Waals surface area contributed by atoms with Crippen molar-refractivity contribution in [1.29, 1.82) is 0 Å². The molecule has 1 heterocycles. The first-order valence-electron chi connectivity index (χ1n) is 6.38. The lowest BCUT2D eigenvalue weighted by atomic mass is 9.85. The molecule has 1 aliphatic carbocycles. The molecule has 3 nitrogen and oxygen atoms in total. The van der Waals surface area contributed by atoms with E-state index in [1.54, 1.807) is 0 Å². The molecule has 0 bridgehead atoms. The van der Waals surface area contributed by atoms with Crippen LogP contribution >= 0.6 is 0 Å². The summed E-state index contributed by atoms with van der Waals surface area (Å²) in [5.74, 6) is 0.154. The maximum atomic E-state index is 12.4. The van der Waals surface area contributed by atoms with Crippen molar-refractivity contribution in [3.05, 3.63) is 29.8 Å². The highest BCUT2D eigenvalue weighted by Gasteiger charge is 2.42. The SMILES string of the molecule is CN1C(=O)c2ccccc2NC12CCCCC2. The van der Waals surface area contributed by atoms with Crippen LogP contribution < -0.4 is 5.32 Å². The fraction of sp³-hybridized carbons (Fsp3) is 0.500. The normalized spacial score (nSPS) is 22.2. The topological polar surface area (TPSA) is 32.3 Å². The van der Waals surface area contributed by atoms with E-state index in [4.69, 9.17) is 0 Å². The minimum Gasteiger partial charge on any atom is -0.362 e. The molecule has 1 saturated carbocycles. The summed E-state index contributed by atoms with van der Waals surface area (Å²) in [4.78, 5) is 14.3. The van der Waals surface area contributed by atoms with E-state index in [1.165, 1.54) is 19.3 Å². The second-order valence-electron chi connectivity index (χ2n) is 5.13. The molecule has 1 aromatic rings. The molecule has 1 fully saturated rings. The number of anilines is 1. The Morgan fingerprint density at radius 2 is 1.88 bits per heavy atom. The highest BCUT2D eigenvalue weighted by Crippen LogP contribution is 2.39. The van der Waals surface area contributed by atoms with E-state index >= 15 is 0 Å². The Bertz CT molecular complexity index is 449. The fourth-order valence-corrected chi connectivity index (χ4v) is 3.09. The zero-order chi connectivity index (χ0) is 11.9. The van der Waals surface area contributed by atoms with Crippen molar-refractivity contribution in [3.8, 4) is 0 Å². The van der Waals surface area contributed by atoms with Crippen molar-refractivity contribution >= 4 is 11.6 Å². The summed E-state index contributed by atoms with van der Waals surface area (Å²) in [6.07, 6.45) is 5.81. The summed E-state index contributed by atoms with van der Waals surface area (Å²) in [5, 5.41) is 3.60. The first-order valence-corrected chi connectivity index (χ1v) is 6.38. The van der Waals surface area contributed by atoms with Gasteiger partial charge in [0.05, 0.1) is 5.56 Å². The Balaban J connectivity index is 2.03. The number of nitrogens with one attached hydrogen (secondary N) is 1. The van der Waals surface area contributed by atoms with Crippen molar-refractivity contribution in [2.75, 3.05) is 12.4 Å². The van der Waals surface area contributed by atoms with Crippen molar-refractivity contribution < 1.29 is 4.79 Å². The van der Waals surface area contributed by atoms with Crippen molar-refractivity contribution in [1.82, 2.24) is 4.90 Å². The van der Waals surface area contributed by atoms with Gasteiger partial charge in [-0.3, -0.25) is 4.79 Å². The van der Waals surface area contributed by atoms with Crippen LogP contribution in [0.15, 0.2) is 24.3 Å². The van der Waals surface area contributed by atoms with Crippen LogP contribution in [0.5, 0.6) is 0 Å². The molecule has 0 unspecified atom stereocenters. The number of fused-ring (bicyclic) bond motifs is 1. The predicted octanol–water partition coefficient (Wildman–Crippen LogP) is 2.84. The Labute approximate surface area is 102 Å². The number of rotatable bonds is 0. The van der Waals surface area contributed by atoms with Gasteiger partial charge in [0.1, 0.15) is 5.66 Å². The van der Waals surface area contributed by atoms with Gasteiger partial charge in [0, 0.05) is 12.7 Å². The molecule has 1 aromatic carbocycles. The summed E-state index contributed by atoms with van der Waals surface area (Å²) in [6, 6.07) is 7.82. The van der Waals surface area contributed by atoms with Crippen LogP contribution in [0.4, 0.5) is 5.69 Å². The first-order chi connectivity index (χ1) is 8.23. The molecule has 1 spiro atoms. The van der Waals surface area contributed by atoms with E-state index in [2.05, 4.69) is 5.32 Å². The van der Waals surface area contributed by atoms with E-state index in [0.29, 0.717) is 0 Å². The lowest BCUT2D eigenvalue weighted by molar-refractivity contribution is 0.0498. The summed E-state index contributed by atoms with van der Waals surface area (Å²) >= 11 is 0. The standard InChI is InChI=1S/C14H18N2O/c1-16-13(17)11-7-3-4-8-12(11)15-14(16)9-5-2-6-10-14/h3-4,7-8,15H,2,5-6,9-10H2,1H3. The number of carbonyl (C=O) groups is 1. The zero-order valence-corrected chi connectivity index (χ0v) is 10.2. The molecule has 0 saturated heterocycles.